The molecule has 1 nitrogen and oxygen atoms in total. The van der Waals surface area contributed by atoms with E-state index in [1.165, 1.54) is 5.56 Å². The van der Waals surface area contributed by atoms with Crippen LogP contribution in [0.15, 0.2) is 66.7 Å². The maximum absolute atomic E-state index is 3.36. The van der Waals surface area contributed by atoms with Crippen LogP contribution < -0.4 is 5.32 Å². The Hall–Kier alpha value is -1.90. The van der Waals surface area contributed by atoms with E-state index in [9.17, 15) is 0 Å². The quantitative estimate of drug-likeness (QED) is 0.629. The number of hydrogen-bond acceptors (Lipinski definition) is 1. The van der Waals surface area contributed by atoms with Crippen molar-refractivity contribution in [3.63, 3.8) is 0 Å². The van der Waals surface area contributed by atoms with Gasteiger partial charge in [-0.05, 0) is 0 Å². The molecular weight excluding hydrogens is 306 g/mol. The summed E-state index contributed by atoms with van der Waals surface area (Å²) in [5.74, 6) is 6.38. The molecule has 0 aliphatic carbocycles. The average molecular weight is 325 g/mol. The summed E-state index contributed by atoms with van der Waals surface area (Å²) in [4.78, 5) is 0. The van der Waals surface area contributed by atoms with Crippen molar-refractivity contribution in [2.24, 2.45) is 0 Å². The standard InChI is InChI=1S/C20H19N.Cr/c1-4-11-19(12-5-1)15-8-3-9-17-21-18-10-16-20-13-6-2-7-14-20;/h1-2,4-7,10-14,16,21H,3,9,17H2;/b16-10+;. The fourth-order valence-electron chi connectivity index (χ4n) is 1.87. The molecule has 2 rings (SSSR count). The summed E-state index contributed by atoms with van der Waals surface area (Å²) >= 11 is 3.05. The third-order valence-electron chi connectivity index (χ3n) is 3.01. The van der Waals surface area contributed by atoms with Crippen LogP contribution in [0.4, 0.5) is 0 Å². The van der Waals surface area contributed by atoms with Crippen LogP contribution in [0.5, 0.6) is 0 Å². The predicted octanol–water partition coefficient (Wildman–Crippen LogP) is 3.80. The number of unbranched alkanes of at least 4 members (excludes halogenated alkanes) is 1. The SMILES string of the molecule is [Cr]=[C](/C=C/c1ccccc1)NCCCC#Cc1ccccc1. The monoisotopic (exact) mass is 325 g/mol. The molecule has 110 valence electrons. The molecule has 0 unspecified atom stereocenters. The normalized spacial score (nSPS) is 10.2. The summed E-state index contributed by atoms with van der Waals surface area (Å²) in [5, 5.41) is 3.36. The fraction of sp³-hybridized carbons (Fsp3) is 0.150. The second-order valence-corrected chi connectivity index (χ2v) is 5.49. The van der Waals surface area contributed by atoms with Gasteiger partial charge in [-0.2, -0.15) is 0 Å². The molecule has 22 heavy (non-hydrogen) atoms. The molecule has 0 heterocycles. The molecule has 0 amide bonds. The van der Waals surface area contributed by atoms with Gasteiger partial charge in [-0.25, -0.2) is 0 Å². The van der Waals surface area contributed by atoms with Gasteiger partial charge in [0.1, 0.15) is 0 Å². The Labute approximate surface area is 141 Å². The molecule has 0 fully saturated rings. The second kappa shape index (κ2) is 9.93. The van der Waals surface area contributed by atoms with Gasteiger partial charge < -0.3 is 0 Å². The molecule has 2 heteroatoms. The van der Waals surface area contributed by atoms with Crippen LogP contribution >= 0.6 is 0 Å². The van der Waals surface area contributed by atoms with Crippen molar-refractivity contribution in [3.05, 3.63) is 77.9 Å². The van der Waals surface area contributed by atoms with Crippen LogP contribution in [0.1, 0.15) is 24.0 Å². The number of benzene rings is 2. The van der Waals surface area contributed by atoms with Gasteiger partial charge >= 0.3 is 141 Å². The van der Waals surface area contributed by atoms with Gasteiger partial charge in [0.15, 0.2) is 0 Å². The molecule has 0 atom stereocenters. The van der Waals surface area contributed by atoms with Crippen molar-refractivity contribution in [2.75, 3.05) is 6.54 Å². The first-order chi connectivity index (χ1) is 10.8. The van der Waals surface area contributed by atoms with E-state index in [4.69, 9.17) is 0 Å². The zero-order valence-electron chi connectivity index (χ0n) is 12.5. The summed E-state index contributed by atoms with van der Waals surface area (Å²) < 4.78 is 1.06. The van der Waals surface area contributed by atoms with Crippen molar-refractivity contribution in [3.8, 4) is 11.8 Å². The fourth-order valence-corrected chi connectivity index (χ4v) is 2.14. The van der Waals surface area contributed by atoms with Crippen molar-refractivity contribution in [2.45, 2.75) is 12.8 Å². The Kier molecular flexibility index (Phi) is 7.44. The third kappa shape index (κ3) is 6.70. The first kappa shape index (κ1) is 16.5. The second-order valence-electron chi connectivity index (χ2n) is 4.81. The van der Waals surface area contributed by atoms with E-state index in [0.717, 1.165) is 29.5 Å². The van der Waals surface area contributed by atoms with Gasteiger partial charge in [-0.1, -0.05) is 0 Å². The summed E-state index contributed by atoms with van der Waals surface area (Å²) in [6.45, 7) is 0.922. The van der Waals surface area contributed by atoms with E-state index in [1.54, 1.807) is 0 Å². The molecule has 0 aliphatic heterocycles. The zero-order valence-corrected chi connectivity index (χ0v) is 13.7. The number of hydrogen-bond donors (Lipinski definition) is 1. The molecule has 0 saturated carbocycles. The molecule has 2 aromatic rings. The summed E-state index contributed by atoms with van der Waals surface area (Å²) in [6.07, 6.45) is 6.08. The summed E-state index contributed by atoms with van der Waals surface area (Å²) in [7, 11) is 0. The van der Waals surface area contributed by atoms with Crippen LogP contribution in [0.3, 0.4) is 0 Å². The number of rotatable bonds is 6. The number of nitrogens with one attached hydrogen (secondary N) is 1. The minimum absolute atomic E-state index is 0.900. The van der Waals surface area contributed by atoms with E-state index in [-0.39, 0.29) is 0 Å². The summed E-state index contributed by atoms with van der Waals surface area (Å²) in [5.41, 5.74) is 2.28. The Balaban J connectivity index is 1.64. The van der Waals surface area contributed by atoms with Gasteiger partial charge in [0.2, 0.25) is 0 Å². The average Bonchev–Trinajstić information content (AvgIpc) is 2.58. The molecule has 0 bridgehead atoms. The molecular formula is C20H19CrN. The van der Waals surface area contributed by atoms with Gasteiger partial charge in [0, 0.05) is 0 Å². The molecule has 0 aliphatic rings. The van der Waals surface area contributed by atoms with Gasteiger partial charge in [-0.3, -0.25) is 0 Å². The molecule has 0 aromatic heterocycles. The van der Waals surface area contributed by atoms with Crippen LogP contribution in [0, 0.1) is 11.8 Å². The van der Waals surface area contributed by atoms with E-state index in [2.05, 4.69) is 57.3 Å². The summed E-state index contributed by atoms with van der Waals surface area (Å²) in [6, 6.07) is 20.4. The Morgan fingerprint density at radius 3 is 2.41 bits per heavy atom. The minimum atomic E-state index is 0.900. The van der Waals surface area contributed by atoms with E-state index >= 15 is 0 Å². The first-order valence-electron chi connectivity index (χ1n) is 7.39. The Morgan fingerprint density at radius 1 is 1.00 bits per heavy atom. The van der Waals surface area contributed by atoms with Crippen molar-refractivity contribution < 1.29 is 15.9 Å². The van der Waals surface area contributed by atoms with Crippen molar-refractivity contribution in [1.29, 1.82) is 0 Å². The molecule has 0 radical (unpaired) electrons. The third-order valence-corrected chi connectivity index (χ3v) is 3.45. The Morgan fingerprint density at radius 2 is 1.68 bits per heavy atom. The predicted molar refractivity (Wildman–Crippen MR) is 91.0 cm³/mol. The first-order valence-corrected chi connectivity index (χ1v) is 8.03. The van der Waals surface area contributed by atoms with Gasteiger partial charge in [0.25, 0.3) is 0 Å². The van der Waals surface area contributed by atoms with E-state index in [1.807, 2.05) is 48.5 Å². The van der Waals surface area contributed by atoms with Crippen molar-refractivity contribution >= 4 is 10.6 Å². The van der Waals surface area contributed by atoms with Crippen molar-refractivity contribution in [1.82, 2.24) is 5.32 Å². The Bertz CT molecular complexity index is 663. The van der Waals surface area contributed by atoms with Gasteiger partial charge in [0.05, 0.1) is 0 Å². The van der Waals surface area contributed by atoms with Crippen LogP contribution in [-0.4, -0.2) is 11.0 Å². The molecule has 1 N–H and O–H groups in total. The van der Waals surface area contributed by atoms with E-state index < -0.39 is 0 Å². The van der Waals surface area contributed by atoms with Crippen LogP contribution in [-0.2, 0) is 15.9 Å². The molecule has 0 spiro atoms. The van der Waals surface area contributed by atoms with Gasteiger partial charge in [-0.15, -0.1) is 0 Å². The molecule has 0 saturated heterocycles. The maximum atomic E-state index is 3.36. The topological polar surface area (TPSA) is 12.0 Å². The van der Waals surface area contributed by atoms with Crippen LogP contribution in [0.2, 0.25) is 0 Å². The van der Waals surface area contributed by atoms with Crippen LogP contribution in [0.25, 0.3) is 6.08 Å². The van der Waals surface area contributed by atoms with E-state index in [0.29, 0.717) is 0 Å². The zero-order chi connectivity index (χ0) is 15.5. The molecule has 2 aromatic carbocycles.